The molecule has 0 spiro atoms. The van der Waals surface area contributed by atoms with E-state index in [1.54, 1.807) is 17.0 Å². The number of non-ortho nitro benzene ring substituents is 1. The van der Waals surface area contributed by atoms with Crippen LogP contribution in [-0.2, 0) is 0 Å². The van der Waals surface area contributed by atoms with Crippen molar-refractivity contribution in [2.45, 2.75) is 18.9 Å². The Bertz CT molecular complexity index is 771. The molecule has 0 atom stereocenters. The van der Waals surface area contributed by atoms with Crippen LogP contribution in [-0.4, -0.2) is 34.9 Å². The van der Waals surface area contributed by atoms with E-state index >= 15 is 0 Å². The minimum atomic E-state index is -0.519. The van der Waals surface area contributed by atoms with Crippen molar-refractivity contribution in [1.82, 2.24) is 4.90 Å². The van der Waals surface area contributed by atoms with Gasteiger partial charge in [-0.25, -0.2) is 0 Å². The van der Waals surface area contributed by atoms with E-state index in [4.69, 9.17) is 10.5 Å². The van der Waals surface area contributed by atoms with Crippen LogP contribution in [0.4, 0.5) is 5.69 Å². The van der Waals surface area contributed by atoms with Gasteiger partial charge in [0, 0.05) is 31.3 Å². The minimum absolute atomic E-state index is 0.0919. The van der Waals surface area contributed by atoms with E-state index < -0.39 is 4.92 Å². The van der Waals surface area contributed by atoms with Crippen molar-refractivity contribution in [3.63, 3.8) is 0 Å². The molecule has 0 aromatic heterocycles. The Morgan fingerprint density at radius 2 is 1.84 bits per heavy atom. The number of carbonyl (C=O) groups is 1. The van der Waals surface area contributed by atoms with Crippen molar-refractivity contribution in [1.29, 1.82) is 0 Å². The monoisotopic (exact) mass is 341 g/mol. The molecule has 7 nitrogen and oxygen atoms in total. The fourth-order valence-electron chi connectivity index (χ4n) is 2.78. The molecule has 1 amide bonds. The van der Waals surface area contributed by atoms with Gasteiger partial charge < -0.3 is 15.4 Å². The van der Waals surface area contributed by atoms with Crippen molar-refractivity contribution in [3.05, 3.63) is 64.2 Å². The first kappa shape index (κ1) is 16.9. The second-order valence-corrected chi connectivity index (χ2v) is 5.98. The van der Waals surface area contributed by atoms with Crippen LogP contribution in [0.15, 0.2) is 48.5 Å². The summed E-state index contributed by atoms with van der Waals surface area (Å²) in [5.41, 5.74) is 5.93. The number of rotatable bonds is 4. The predicted octanol–water partition coefficient (Wildman–Crippen LogP) is 2.95. The Labute approximate surface area is 145 Å². The molecule has 0 aliphatic carbocycles. The van der Waals surface area contributed by atoms with Gasteiger partial charge in [-0.2, -0.15) is 0 Å². The van der Waals surface area contributed by atoms with Gasteiger partial charge in [0.15, 0.2) is 0 Å². The number of carbonyl (C=O) groups excluding carboxylic acids is 1. The lowest BCUT2D eigenvalue weighted by atomic mass is 10.0. The van der Waals surface area contributed by atoms with Crippen molar-refractivity contribution in [3.8, 4) is 11.5 Å². The van der Waals surface area contributed by atoms with Crippen molar-refractivity contribution in [2.75, 3.05) is 13.1 Å². The molecule has 7 heteroatoms. The molecule has 0 bridgehead atoms. The van der Waals surface area contributed by atoms with E-state index in [0.717, 1.165) is 12.8 Å². The summed E-state index contributed by atoms with van der Waals surface area (Å²) in [5.74, 6) is 0.587. The molecule has 1 fully saturated rings. The largest absolute Gasteiger partial charge is 0.457 e. The fraction of sp³-hybridized carbons (Fsp3) is 0.278. The summed E-state index contributed by atoms with van der Waals surface area (Å²) >= 11 is 0. The quantitative estimate of drug-likeness (QED) is 0.681. The minimum Gasteiger partial charge on any atom is -0.457 e. The third kappa shape index (κ3) is 3.95. The number of nitrogens with two attached hydrogens (primary N) is 1. The van der Waals surface area contributed by atoms with Crippen molar-refractivity contribution < 1.29 is 14.5 Å². The Morgan fingerprint density at radius 3 is 2.48 bits per heavy atom. The molecule has 1 heterocycles. The van der Waals surface area contributed by atoms with Gasteiger partial charge >= 0.3 is 0 Å². The van der Waals surface area contributed by atoms with Crippen LogP contribution in [0.25, 0.3) is 0 Å². The highest BCUT2D eigenvalue weighted by Gasteiger charge is 2.26. The number of amides is 1. The SMILES string of the molecule is NC1CCN(C(=O)c2cc([N+](=O)[O-])ccc2Oc2ccccc2)CC1. The number of ether oxygens (including phenoxy) is 1. The summed E-state index contributed by atoms with van der Waals surface area (Å²) in [6.07, 6.45) is 1.44. The maximum absolute atomic E-state index is 12.9. The fourth-order valence-corrected chi connectivity index (χ4v) is 2.78. The topological polar surface area (TPSA) is 98.7 Å². The number of likely N-dealkylation sites (tertiary alicyclic amines) is 1. The van der Waals surface area contributed by atoms with Crippen LogP contribution in [0.5, 0.6) is 11.5 Å². The van der Waals surface area contributed by atoms with Gasteiger partial charge in [0.25, 0.3) is 11.6 Å². The molecular weight excluding hydrogens is 322 g/mol. The van der Waals surface area contributed by atoms with Crippen LogP contribution in [0, 0.1) is 10.1 Å². The molecule has 3 rings (SSSR count). The van der Waals surface area contributed by atoms with Gasteiger partial charge in [-0.15, -0.1) is 0 Å². The average molecular weight is 341 g/mol. The lowest BCUT2D eigenvalue weighted by molar-refractivity contribution is -0.384. The van der Waals surface area contributed by atoms with Gasteiger partial charge in [0.05, 0.1) is 10.5 Å². The molecular formula is C18H19N3O4. The molecule has 0 radical (unpaired) electrons. The Hall–Kier alpha value is -2.93. The van der Waals surface area contributed by atoms with E-state index in [-0.39, 0.29) is 23.2 Å². The summed E-state index contributed by atoms with van der Waals surface area (Å²) in [6, 6.07) is 13.2. The van der Waals surface area contributed by atoms with E-state index in [1.165, 1.54) is 18.2 Å². The van der Waals surface area contributed by atoms with Gasteiger partial charge in [0.1, 0.15) is 11.5 Å². The second-order valence-electron chi connectivity index (χ2n) is 5.98. The maximum Gasteiger partial charge on any atom is 0.270 e. The summed E-state index contributed by atoms with van der Waals surface area (Å²) in [7, 11) is 0. The first-order chi connectivity index (χ1) is 12.0. The third-order valence-electron chi connectivity index (χ3n) is 4.20. The summed E-state index contributed by atoms with van der Waals surface area (Å²) in [6.45, 7) is 1.07. The van der Waals surface area contributed by atoms with Gasteiger partial charge in [-0.1, -0.05) is 18.2 Å². The van der Waals surface area contributed by atoms with Crippen molar-refractivity contribution >= 4 is 11.6 Å². The van der Waals surface area contributed by atoms with E-state index in [2.05, 4.69) is 0 Å². The predicted molar refractivity (Wildman–Crippen MR) is 92.7 cm³/mol. The zero-order chi connectivity index (χ0) is 17.8. The normalized spacial score (nSPS) is 15.0. The van der Waals surface area contributed by atoms with Gasteiger partial charge in [-0.05, 0) is 31.0 Å². The molecule has 130 valence electrons. The van der Waals surface area contributed by atoms with Crippen LogP contribution >= 0.6 is 0 Å². The van der Waals surface area contributed by atoms with Gasteiger partial charge in [0.2, 0.25) is 0 Å². The lowest BCUT2D eigenvalue weighted by Crippen LogP contribution is -2.42. The molecule has 1 saturated heterocycles. The number of hydrogen-bond acceptors (Lipinski definition) is 5. The number of nitro benzene ring substituents is 1. The van der Waals surface area contributed by atoms with Gasteiger partial charge in [-0.3, -0.25) is 14.9 Å². The number of para-hydroxylation sites is 1. The number of benzene rings is 2. The highest BCUT2D eigenvalue weighted by atomic mass is 16.6. The van der Waals surface area contributed by atoms with E-state index in [9.17, 15) is 14.9 Å². The number of hydrogen-bond donors (Lipinski definition) is 1. The number of nitrogens with zero attached hydrogens (tertiary/aromatic N) is 2. The standard InChI is InChI=1S/C18H19N3O4/c19-13-8-10-20(11-9-13)18(22)16-12-14(21(23)24)6-7-17(16)25-15-4-2-1-3-5-15/h1-7,12-13H,8-11,19H2. The molecule has 25 heavy (non-hydrogen) atoms. The van der Waals surface area contributed by atoms with E-state index in [0.29, 0.717) is 24.6 Å². The first-order valence-electron chi connectivity index (χ1n) is 8.11. The van der Waals surface area contributed by atoms with Crippen LogP contribution in [0.3, 0.4) is 0 Å². The smallest absolute Gasteiger partial charge is 0.270 e. The molecule has 0 unspecified atom stereocenters. The summed E-state index contributed by atoms with van der Waals surface area (Å²) in [5, 5.41) is 11.1. The molecule has 2 aromatic carbocycles. The number of piperidine rings is 1. The highest BCUT2D eigenvalue weighted by molar-refractivity contribution is 5.97. The average Bonchev–Trinajstić information content (AvgIpc) is 2.63. The molecule has 1 aliphatic heterocycles. The molecule has 0 saturated carbocycles. The summed E-state index contributed by atoms with van der Waals surface area (Å²) in [4.78, 5) is 25.1. The molecule has 2 N–H and O–H groups in total. The van der Waals surface area contributed by atoms with Crippen LogP contribution in [0.1, 0.15) is 23.2 Å². The lowest BCUT2D eigenvalue weighted by Gasteiger charge is -2.30. The van der Waals surface area contributed by atoms with Crippen LogP contribution in [0.2, 0.25) is 0 Å². The Kier molecular flexibility index (Phi) is 4.95. The number of nitro groups is 1. The summed E-state index contributed by atoms with van der Waals surface area (Å²) < 4.78 is 5.78. The van der Waals surface area contributed by atoms with Crippen LogP contribution < -0.4 is 10.5 Å². The molecule has 2 aromatic rings. The zero-order valence-corrected chi connectivity index (χ0v) is 13.6. The van der Waals surface area contributed by atoms with Crippen molar-refractivity contribution in [2.24, 2.45) is 5.73 Å². The first-order valence-corrected chi connectivity index (χ1v) is 8.11. The Balaban J connectivity index is 1.92. The Morgan fingerprint density at radius 1 is 1.16 bits per heavy atom. The molecule has 1 aliphatic rings. The zero-order valence-electron chi connectivity index (χ0n) is 13.6. The second kappa shape index (κ2) is 7.31. The maximum atomic E-state index is 12.9. The van der Waals surface area contributed by atoms with E-state index in [1.807, 2.05) is 18.2 Å². The highest BCUT2D eigenvalue weighted by Crippen LogP contribution is 2.30. The third-order valence-corrected chi connectivity index (χ3v) is 4.20.